The van der Waals surface area contributed by atoms with Crippen LogP contribution in [0.3, 0.4) is 0 Å². The second-order valence-electron chi connectivity index (χ2n) is 7.70. The van der Waals surface area contributed by atoms with Crippen molar-refractivity contribution in [2.45, 2.75) is 6.04 Å². The molecule has 3 aromatic carbocycles. The van der Waals surface area contributed by atoms with E-state index in [9.17, 15) is 19.3 Å². The summed E-state index contributed by atoms with van der Waals surface area (Å²) in [5, 5.41) is 14.0. The maximum atomic E-state index is 14.2. The van der Waals surface area contributed by atoms with Crippen molar-refractivity contribution in [3.05, 3.63) is 99.3 Å². The Morgan fingerprint density at radius 3 is 2.33 bits per heavy atom. The second-order valence-corrected chi connectivity index (χ2v) is 8.11. The van der Waals surface area contributed by atoms with Crippen LogP contribution >= 0.6 is 11.6 Å². The fraction of sp³-hybridized carbons (Fsp3) is 0.208. The molecule has 0 saturated carbocycles. The molecule has 0 aliphatic carbocycles. The van der Waals surface area contributed by atoms with Crippen molar-refractivity contribution in [2.75, 3.05) is 36.4 Å². The van der Waals surface area contributed by atoms with E-state index in [1.54, 1.807) is 18.2 Å². The highest BCUT2D eigenvalue weighted by Gasteiger charge is 2.31. The number of anilines is 2. The number of hydrogen-bond acceptors (Lipinski definition) is 5. The minimum absolute atomic E-state index is 0.00174. The summed E-state index contributed by atoms with van der Waals surface area (Å²) in [6.07, 6.45) is 0. The van der Waals surface area contributed by atoms with Gasteiger partial charge >= 0.3 is 0 Å². The number of nitrogens with one attached hydrogen (secondary N) is 1. The Hall–Kier alpha value is -3.49. The van der Waals surface area contributed by atoms with E-state index in [0.29, 0.717) is 37.6 Å². The van der Waals surface area contributed by atoms with Gasteiger partial charge in [0.25, 0.3) is 5.69 Å². The average Bonchev–Trinajstić information content (AvgIpc) is 2.82. The van der Waals surface area contributed by atoms with E-state index in [4.69, 9.17) is 11.6 Å². The smallest absolute Gasteiger partial charge is 0.289 e. The molecule has 1 N–H and O–H groups in total. The number of benzene rings is 3. The molecule has 0 aromatic heterocycles. The standard InChI is InChI=1S/C24H22ClFN4O3/c25-19-11-10-18(16-22(19)30(32)33)27-24(31)23(17-6-2-1-3-7-17)29-14-12-28(13-15-29)21-9-5-4-8-20(21)26/h1-11,16,23H,12-15H2,(H,27,31)/t23-/m0/s1. The van der Waals surface area contributed by atoms with Crippen LogP contribution in [0.2, 0.25) is 5.02 Å². The zero-order valence-corrected chi connectivity index (χ0v) is 18.4. The van der Waals surface area contributed by atoms with Gasteiger partial charge in [-0.15, -0.1) is 0 Å². The topological polar surface area (TPSA) is 78.7 Å². The van der Waals surface area contributed by atoms with Crippen LogP contribution in [0, 0.1) is 15.9 Å². The second kappa shape index (κ2) is 9.97. The van der Waals surface area contributed by atoms with Crippen LogP contribution in [0.4, 0.5) is 21.5 Å². The van der Waals surface area contributed by atoms with E-state index in [1.165, 1.54) is 24.3 Å². The highest BCUT2D eigenvalue weighted by molar-refractivity contribution is 6.32. The molecule has 0 unspecified atom stereocenters. The van der Waals surface area contributed by atoms with Crippen LogP contribution in [0.5, 0.6) is 0 Å². The van der Waals surface area contributed by atoms with E-state index >= 15 is 0 Å². The predicted octanol–water partition coefficient (Wildman–Crippen LogP) is 4.89. The molecular formula is C24H22ClFN4O3. The Labute approximate surface area is 195 Å². The van der Waals surface area contributed by atoms with Crippen molar-refractivity contribution in [3.63, 3.8) is 0 Å². The maximum Gasteiger partial charge on any atom is 0.289 e. The quantitative estimate of drug-likeness (QED) is 0.411. The third-order valence-electron chi connectivity index (χ3n) is 5.65. The van der Waals surface area contributed by atoms with Crippen molar-refractivity contribution in [3.8, 4) is 0 Å². The molecule has 0 radical (unpaired) electrons. The van der Waals surface area contributed by atoms with Gasteiger partial charge in [-0.3, -0.25) is 19.8 Å². The van der Waals surface area contributed by atoms with Gasteiger partial charge in [-0.25, -0.2) is 4.39 Å². The molecule has 33 heavy (non-hydrogen) atoms. The Morgan fingerprint density at radius 2 is 1.67 bits per heavy atom. The molecule has 1 atom stereocenters. The fourth-order valence-corrected chi connectivity index (χ4v) is 4.22. The number of piperazine rings is 1. The van der Waals surface area contributed by atoms with Gasteiger partial charge in [0.1, 0.15) is 16.9 Å². The lowest BCUT2D eigenvalue weighted by molar-refractivity contribution is -0.384. The molecule has 3 aromatic rings. The number of halogens is 2. The lowest BCUT2D eigenvalue weighted by atomic mass is 10.0. The highest BCUT2D eigenvalue weighted by atomic mass is 35.5. The summed E-state index contributed by atoms with van der Waals surface area (Å²) in [5.41, 5.74) is 1.37. The molecule has 7 nitrogen and oxygen atoms in total. The number of hydrogen-bond donors (Lipinski definition) is 1. The van der Waals surface area contributed by atoms with Crippen LogP contribution in [0.1, 0.15) is 11.6 Å². The molecule has 1 heterocycles. The van der Waals surface area contributed by atoms with Gasteiger partial charge in [-0.05, 0) is 29.8 Å². The lowest BCUT2D eigenvalue weighted by Gasteiger charge is -2.39. The fourth-order valence-electron chi connectivity index (χ4n) is 4.03. The number of nitrogens with zero attached hydrogens (tertiary/aromatic N) is 3. The minimum atomic E-state index is -0.608. The number of nitro groups is 1. The number of para-hydroxylation sites is 1. The molecule has 1 saturated heterocycles. The van der Waals surface area contributed by atoms with Crippen LogP contribution in [-0.2, 0) is 4.79 Å². The van der Waals surface area contributed by atoms with E-state index in [0.717, 1.165) is 5.56 Å². The molecule has 0 bridgehead atoms. The van der Waals surface area contributed by atoms with Crippen molar-refractivity contribution < 1.29 is 14.1 Å². The average molecular weight is 469 g/mol. The molecule has 1 aliphatic rings. The number of carbonyl (C=O) groups excluding carboxylic acids is 1. The first-order chi connectivity index (χ1) is 15.9. The summed E-state index contributed by atoms with van der Waals surface area (Å²) in [6, 6.07) is 19.5. The molecule has 0 spiro atoms. The minimum Gasteiger partial charge on any atom is -0.367 e. The Morgan fingerprint density at radius 1 is 1.00 bits per heavy atom. The van der Waals surface area contributed by atoms with E-state index in [1.807, 2.05) is 40.1 Å². The molecule has 1 amide bonds. The van der Waals surface area contributed by atoms with E-state index in [2.05, 4.69) is 5.32 Å². The van der Waals surface area contributed by atoms with Gasteiger partial charge in [0.15, 0.2) is 0 Å². The van der Waals surface area contributed by atoms with Gasteiger partial charge in [0.05, 0.1) is 10.6 Å². The van der Waals surface area contributed by atoms with Crippen molar-refractivity contribution in [1.29, 1.82) is 0 Å². The lowest BCUT2D eigenvalue weighted by Crippen LogP contribution is -2.50. The molecule has 1 fully saturated rings. The summed E-state index contributed by atoms with van der Waals surface area (Å²) in [6.45, 7) is 2.21. The Bertz CT molecular complexity index is 1150. The predicted molar refractivity (Wildman–Crippen MR) is 126 cm³/mol. The monoisotopic (exact) mass is 468 g/mol. The summed E-state index contributed by atoms with van der Waals surface area (Å²) in [5.74, 6) is -0.579. The Balaban J connectivity index is 1.54. The van der Waals surface area contributed by atoms with E-state index in [-0.39, 0.29) is 22.4 Å². The third-order valence-corrected chi connectivity index (χ3v) is 5.97. The van der Waals surface area contributed by atoms with Gasteiger partial charge in [-0.2, -0.15) is 0 Å². The van der Waals surface area contributed by atoms with Crippen LogP contribution in [-0.4, -0.2) is 41.9 Å². The van der Waals surface area contributed by atoms with Gasteiger partial charge in [0.2, 0.25) is 5.91 Å². The largest absolute Gasteiger partial charge is 0.367 e. The summed E-state index contributed by atoms with van der Waals surface area (Å²) >= 11 is 5.89. The van der Waals surface area contributed by atoms with Crippen molar-refractivity contribution >= 4 is 34.6 Å². The number of nitro benzene ring substituents is 1. The van der Waals surface area contributed by atoms with Crippen LogP contribution < -0.4 is 10.2 Å². The van der Waals surface area contributed by atoms with E-state index < -0.39 is 11.0 Å². The number of rotatable bonds is 6. The summed E-state index contributed by atoms with van der Waals surface area (Å²) in [7, 11) is 0. The maximum absolute atomic E-state index is 14.2. The number of amides is 1. The summed E-state index contributed by atoms with van der Waals surface area (Å²) in [4.78, 5) is 28.0. The third kappa shape index (κ3) is 5.13. The van der Waals surface area contributed by atoms with Crippen LogP contribution in [0.15, 0.2) is 72.8 Å². The van der Waals surface area contributed by atoms with Gasteiger partial charge in [0, 0.05) is 37.9 Å². The van der Waals surface area contributed by atoms with Gasteiger partial charge in [-0.1, -0.05) is 54.1 Å². The SMILES string of the molecule is O=C(Nc1ccc(Cl)c([N+](=O)[O-])c1)[C@H](c1ccccc1)N1CCN(c2ccccc2F)CC1. The molecular weight excluding hydrogens is 447 g/mol. The normalized spacial score (nSPS) is 15.2. The number of carbonyl (C=O) groups is 1. The Kier molecular flexibility index (Phi) is 6.86. The first kappa shape index (κ1) is 22.7. The first-order valence-electron chi connectivity index (χ1n) is 10.5. The zero-order valence-electron chi connectivity index (χ0n) is 17.7. The van der Waals surface area contributed by atoms with Crippen molar-refractivity contribution in [1.82, 2.24) is 4.90 Å². The van der Waals surface area contributed by atoms with Crippen LogP contribution in [0.25, 0.3) is 0 Å². The first-order valence-corrected chi connectivity index (χ1v) is 10.8. The molecule has 9 heteroatoms. The molecule has 170 valence electrons. The molecule has 4 rings (SSSR count). The molecule has 1 aliphatic heterocycles. The van der Waals surface area contributed by atoms with Crippen molar-refractivity contribution in [2.24, 2.45) is 0 Å². The summed E-state index contributed by atoms with van der Waals surface area (Å²) < 4.78 is 14.2. The van der Waals surface area contributed by atoms with Gasteiger partial charge < -0.3 is 10.2 Å². The zero-order chi connectivity index (χ0) is 23.4. The highest BCUT2D eigenvalue weighted by Crippen LogP contribution is 2.30.